The summed E-state index contributed by atoms with van der Waals surface area (Å²) in [5.74, 6) is 2.41. The number of carbonyl (C=O) groups excluding carboxylic acids is 2. The van der Waals surface area contributed by atoms with Gasteiger partial charge in [0.25, 0.3) is 5.91 Å². The second-order valence-electron chi connectivity index (χ2n) is 8.88. The second kappa shape index (κ2) is 7.17. The topological polar surface area (TPSA) is 64.6 Å². The third kappa shape index (κ3) is 3.69. The quantitative estimate of drug-likeness (QED) is 0.777. The summed E-state index contributed by atoms with van der Waals surface area (Å²) in [5.41, 5.74) is 0.637. The molecule has 1 N–H and O–H groups in total. The van der Waals surface area contributed by atoms with Crippen molar-refractivity contribution in [1.29, 1.82) is 0 Å². The average Bonchev–Trinajstić information content (AvgIpc) is 2.65. The molecule has 4 bridgehead atoms. The van der Waals surface area contributed by atoms with Gasteiger partial charge in [0.1, 0.15) is 5.75 Å². The summed E-state index contributed by atoms with van der Waals surface area (Å²) in [6.45, 7) is 1.89. The van der Waals surface area contributed by atoms with E-state index in [2.05, 4.69) is 12.2 Å². The van der Waals surface area contributed by atoms with Crippen molar-refractivity contribution in [3.8, 4) is 5.75 Å². The standard InChI is InChI=1S/C22H29NO4/c1-14(22-10-15-6-16(11-22)8-17(7-15)12-22)23-20(24)13-27-21(25)18-4-3-5-19(9-18)26-2/h3-5,9,14-17H,6-8,10-13H2,1-2H3,(H,23,24)/t14-,15?,16?,17?,22?/m0/s1. The predicted molar refractivity (Wildman–Crippen MR) is 101 cm³/mol. The van der Waals surface area contributed by atoms with E-state index < -0.39 is 5.97 Å². The number of amides is 1. The molecule has 146 valence electrons. The first-order valence-corrected chi connectivity index (χ1v) is 10.1. The van der Waals surface area contributed by atoms with Gasteiger partial charge in [-0.1, -0.05) is 6.07 Å². The molecule has 4 aliphatic carbocycles. The Morgan fingerprint density at radius 2 is 1.78 bits per heavy atom. The van der Waals surface area contributed by atoms with E-state index in [0.29, 0.717) is 11.3 Å². The zero-order chi connectivity index (χ0) is 19.0. The van der Waals surface area contributed by atoms with Crippen molar-refractivity contribution in [2.24, 2.45) is 23.2 Å². The summed E-state index contributed by atoms with van der Waals surface area (Å²) >= 11 is 0. The number of carbonyl (C=O) groups is 2. The molecule has 4 saturated carbocycles. The maximum atomic E-state index is 12.4. The molecular formula is C22H29NO4. The Kier molecular flexibility index (Phi) is 4.87. The summed E-state index contributed by atoms with van der Waals surface area (Å²) in [6, 6.07) is 6.88. The van der Waals surface area contributed by atoms with Crippen molar-refractivity contribution in [3.05, 3.63) is 29.8 Å². The Bertz CT molecular complexity index is 693. The van der Waals surface area contributed by atoms with Crippen LogP contribution in [-0.4, -0.2) is 31.6 Å². The molecule has 5 rings (SSSR count). The number of hydrogen-bond acceptors (Lipinski definition) is 4. The van der Waals surface area contributed by atoms with Crippen molar-refractivity contribution < 1.29 is 19.1 Å². The van der Waals surface area contributed by atoms with Crippen molar-refractivity contribution in [2.45, 2.75) is 51.5 Å². The van der Waals surface area contributed by atoms with Gasteiger partial charge >= 0.3 is 5.97 Å². The molecule has 5 heteroatoms. The fourth-order valence-electron chi connectivity index (χ4n) is 6.11. The Labute approximate surface area is 160 Å². The maximum Gasteiger partial charge on any atom is 0.338 e. The molecule has 1 aromatic carbocycles. The molecule has 4 aliphatic rings. The first-order chi connectivity index (χ1) is 13.0. The van der Waals surface area contributed by atoms with Gasteiger partial charge in [0.2, 0.25) is 0 Å². The van der Waals surface area contributed by atoms with E-state index in [1.54, 1.807) is 31.4 Å². The minimum atomic E-state index is -0.508. The van der Waals surface area contributed by atoms with Crippen LogP contribution in [0.1, 0.15) is 55.8 Å². The highest BCUT2D eigenvalue weighted by Crippen LogP contribution is 2.61. The molecule has 0 aromatic heterocycles. The van der Waals surface area contributed by atoms with Crippen molar-refractivity contribution in [1.82, 2.24) is 5.32 Å². The van der Waals surface area contributed by atoms with Crippen LogP contribution in [0.15, 0.2) is 24.3 Å². The van der Waals surface area contributed by atoms with Crippen LogP contribution in [0, 0.1) is 23.2 Å². The molecule has 5 nitrogen and oxygen atoms in total. The summed E-state index contributed by atoms with van der Waals surface area (Å²) < 4.78 is 10.3. The summed E-state index contributed by atoms with van der Waals surface area (Å²) in [6.07, 6.45) is 7.88. The fourth-order valence-corrected chi connectivity index (χ4v) is 6.11. The lowest BCUT2D eigenvalue weighted by Crippen LogP contribution is -2.56. The van der Waals surface area contributed by atoms with Gasteiger partial charge in [0.05, 0.1) is 12.7 Å². The predicted octanol–water partition coefficient (Wildman–Crippen LogP) is 3.57. The van der Waals surface area contributed by atoms with E-state index in [0.717, 1.165) is 17.8 Å². The van der Waals surface area contributed by atoms with Crippen LogP contribution >= 0.6 is 0 Å². The van der Waals surface area contributed by atoms with Crippen LogP contribution in [-0.2, 0) is 9.53 Å². The number of esters is 1. The Hall–Kier alpha value is -2.04. The highest BCUT2D eigenvalue weighted by Gasteiger charge is 2.53. The normalized spacial score (nSPS) is 32.0. The van der Waals surface area contributed by atoms with E-state index in [9.17, 15) is 9.59 Å². The van der Waals surface area contributed by atoms with E-state index in [4.69, 9.17) is 9.47 Å². The third-order valence-corrected chi connectivity index (χ3v) is 7.02. The smallest absolute Gasteiger partial charge is 0.338 e. The molecular weight excluding hydrogens is 342 g/mol. The Morgan fingerprint density at radius 3 is 2.37 bits per heavy atom. The zero-order valence-electron chi connectivity index (χ0n) is 16.2. The van der Waals surface area contributed by atoms with Crippen LogP contribution in [0.2, 0.25) is 0 Å². The summed E-state index contributed by atoms with van der Waals surface area (Å²) in [7, 11) is 1.55. The van der Waals surface area contributed by atoms with E-state index >= 15 is 0 Å². The number of benzene rings is 1. The molecule has 4 fully saturated rings. The monoisotopic (exact) mass is 371 g/mol. The number of rotatable bonds is 6. The SMILES string of the molecule is COc1cccc(C(=O)OCC(=O)N[C@@H](C)C23CC4CC(CC(C4)C2)C3)c1. The molecule has 1 amide bonds. The molecule has 0 unspecified atom stereocenters. The van der Waals surface area contributed by atoms with Crippen molar-refractivity contribution in [3.63, 3.8) is 0 Å². The van der Waals surface area contributed by atoms with Gasteiger partial charge < -0.3 is 14.8 Å². The fraction of sp³-hybridized carbons (Fsp3) is 0.636. The first-order valence-electron chi connectivity index (χ1n) is 10.1. The van der Waals surface area contributed by atoms with Crippen LogP contribution in [0.3, 0.4) is 0 Å². The van der Waals surface area contributed by atoms with Crippen molar-refractivity contribution in [2.75, 3.05) is 13.7 Å². The lowest BCUT2D eigenvalue weighted by molar-refractivity contribution is -0.128. The Balaban J connectivity index is 1.31. The minimum absolute atomic E-state index is 0.133. The third-order valence-electron chi connectivity index (χ3n) is 7.02. The zero-order valence-corrected chi connectivity index (χ0v) is 16.2. The molecule has 1 aromatic rings. The van der Waals surface area contributed by atoms with Crippen molar-refractivity contribution >= 4 is 11.9 Å². The van der Waals surface area contributed by atoms with E-state index in [-0.39, 0.29) is 24.0 Å². The van der Waals surface area contributed by atoms with E-state index in [1.165, 1.54) is 38.5 Å². The van der Waals surface area contributed by atoms with Crippen LogP contribution in [0.4, 0.5) is 0 Å². The van der Waals surface area contributed by atoms with Gasteiger partial charge in [-0.2, -0.15) is 0 Å². The lowest BCUT2D eigenvalue weighted by Gasteiger charge is -2.59. The molecule has 1 atom stereocenters. The molecule has 0 spiro atoms. The summed E-state index contributed by atoms with van der Waals surface area (Å²) in [4.78, 5) is 24.6. The molecule has 0 aliphatic heterocycles. The van der Waals surface area contributed by atoms with Crippen LogP contribution < -0.4 is 10.1 Å². The van der Waals surface area contributed by atoms with E-state index in [1.807, 2.05) is 0 Å². The number of methoxy groups -OCH3 is 1. The number of nitrogens with one attached hydrogen (secondary N) is 1. The second-order valence-corrected chi connectivity index (χ2v) is 8.88. The van der Waals surface area contributed by atoms with Crippen LogP contribution in [0.25, 0.3) is 0 Å². The van der Waals surface area contributed by atoms with Gasteiger partial charge in [-0.25, -0.2) is 4.79 Å². The molecule has 27 heavy (non-hydrogen) atoms. The molecule has 0 saturated heterocycles. The largest absolute Gasteiger partial charge is 0.497 e. The summed E-state index contributed by atoms with van der Waals surface area (Å²) in [5, 5.41) is 3.13. The molecule has 0 heterocycles. The first kappa shape index (κ1) is 18.3. The molecule has 0 radical (unpaired) electrons. The van der Waals surface area contributed by atoms with Gasteiger partial charge in [-0.05, 0) is 86.8 Å². The highest BCUT2D eigenvalue weighted by molar-refractivity contribution is 5.91. The van der Waals surface area contributed by atoms with Crippen LogP contribution in [0.5, 0.6) is 5.75 Å². The average molecular weight is 371 g/mol. The maximum absolute atomic E-state index is 12.4. The number of hydrogen-bond donors (Lipinski definition) is 1. The van der Waals surface area contributed by atoms with Gasteiger partial charge in [0.15, 0.2) is 6.61 Å². The van der Waals surface area contributed by atoms with Gasteiger partial charge in [-0.3, -0.25) is 4.79 Å². The van der Waals surface area contributed by atoms with Gasteiger partial charge in [0, 0.05) is 6.04 Å². The number of ether oxygens (including phenoxy) is 2. The lowest BCUT2D eigenvalue weighted by atomic mass is 9.48. The Morgan fingerprint density at radius 1 is 1.15 bits per heavy atom. The van der Waals surface area contributed by atoms with Gasteiger partial charge in [-0.15, -0.1) is 0 Å². The minimum Gasteiger partial charge on any atom is -0.497 e. The highest BCUT2D eigenvalue weighted by atomic mass is 16.5.